The third kappa shape index (κ3) is 40.8. The first-order valence-corrected chi connectivity index (χ1v) is 23.0. The van der Waals surface area contributed by atoms with E-state index in [1.807, 2.05) is 0 Å². The lowest BCUT2D eigenvalue weighted by Crippen LogP contribution is -2.30. The van der Waals surface area contributed by atoms with Gasteiger partial charge in [-0.2, -0.15) is 0 Å². The molecule has 54 heavy (non-hydrogen) atoms. The van der Waals surface area contributed by atoms with E-state index in [1.54, 1.807) is 0 Å². The maximum atomic E-state index is 12.6. The molecule has 0 N–H and O–H groups in total. The van der Waals surface area contributed by atoms with E-state index in [0.29, 0.717) is 19.3 Å². The van der Waals surface area contributed by atoms with Gasteiger partial charge in [0.05, 0.1) is 0 Å². The highest BCUT2D eigenvalue weighted by Gasteiger charge is 2.19. The van der Waals surface area contributed by atoms with Gasteiger partial charge in [-0.3, -0.25) is 14.4 Å². The van der Waals surface area contributed by atoms with Gasteiger partial charge in [0.25, 0.3) is 0 Å². The normalized spacial score (nSPS) is 12.3. The summed E-state index contributed by atoms with van der Waals surface area (Å²) in [6, 6.07) is 0. The van der Waals surface area contributed by atoms with Gasteiger partial charge in [-0.15, -0.1) is 0 Å². The van der Waals surface area contributed by atoms with Gasteiger partial charge in [-0.05, 0) is 57.8 Å². The van der Waals surface area contributed by atoms with E-state index in [4.69, 9.17) is 14.2 Å². The second kappa shape index (κ2) is 43.4. The van der Waals surface area contributed by atoms with Crippen LogP contribution in [0.15, 0.2) is 36.5 Å². The van der Waals surface area contributed by atoms with Gasteiger partial charge in [0.2, 0.25) is 0 Å². The summed E-state index contributed by atoms with van der Waals surface area (Å²) in [5.74, 6) is -0.898. The first-order chi connectivity index (χ1) is 26.5. The van der Waals surface area contributed by atoms with Crippen LogP contribution in [0.2, 0.25) is 0 Å². The van der Waals surface area contributed by atoms with Crippen molar-refractivity contribution in [3.05, 3.63) is 36.5 Å². The summed E-state index contributed by atoms with van der Waals surface area (Å²) in [4.78, 5) is 37.5. The molecule has 0 rings (SSSR count). The van der Waals surface area contributed by atoms with Crippen LogP contribution in [0.4, 0.5) is 0 Å². The number of unbranched alkanes of at least 4 members (excludes halogenated alkanes) is 24. The molecule has 314 valence electrons. The van der Waals surface area contributed by atoms with Gasteiger partial charge >= 0.3 is 17.9 Å². The highest BCUT2D eigenvalue weighted by molar-refractivity contribution is 5.71. The van der Waals surface area contributed by atoms with Crippen molar-refractivity contribution in [2.75, 3.05) is 13.2 Å². The molecular weight excluding hydrogens is 673 g/mol. The standard InChI is InChI=1S/C48H86O6/c1-4-7-10-13-16-18-19-20-21-22-23-24-25-26-27-28-29-30-33-35-38-41-47(50)53-44-45(43-52-46(49)40-37-34-31-15-12-9-6-3)54-48(51)42-39-36-32-17-14-11-8-5-2/h19-20,22-23,25-26,45H,4-18,21,24,27-44H2,1-3H3/b20-19-,23-22-,26-25-. The fraction of sp³-hybridized carbons (Fsp3) is 0.812. The summed E-state index contributed by atoms with van der Waals surface area (Å²) in [5, 5.41) is 0. The van der Waals surface area contributed by atoms with Crippen molar-refractivity contribution in [2.45, 2.75) is 239 Å². The Morgan fingerprint density at radius 3 is 1.04 bits per heavy atom. The summed E-state index contributed by atoms with van der Waals surface area (Å²) >= 11 is 0. The highest BCUT2D eigenvalue weighted by atomic mass is 16.6. The summed E-state index contributed by atoms with van der Waals surface area (Å²) in [5.41, 5.74) is 0. The SMILES string of the molecule is CCCCCCC/C=C\C/C=C\C/C=C\CCCCCCCCC(=O)OCC(COC(=O)CCCCCCCCC)OC(=O)CCCCCCCCCC. The molecule has 0 heterocycles. The Morgan fingerprint density at radius 1 is 0.370 bits per heavy atom. The largest absolute Gasteiger partial charge is 0.462 e. The lowest BCUT2D eigenvalue weighted by Gasteiger charge is -2.18. The average molecular weight is 759 g/mol. The molecule has 0 radical (unpaired) electrons. The van der Waals surface area contributed by atoms with Crippen molar-refractivity contribution >= 4 is 17.9 Å². The number of carbonyl (C=O) groups excluding carboxylic acids is 3. The molecular formula is C48H86O6. The number of carbonyl (C=O) groups is 3. The second-order valence-corrected chi connectivity index (χ2v) is 15.3. The number of hydrogen-bond acceptors (Lipinski definition) is 6. The quantitative estimate of drug-likeness (QED) is 0.0267. The molecule has 0 saturated heterocycles. The smallest absolute Gasteiger partial charge is 0.306 e. The highest BCUT2D eigenvalue weighted by Crippen LogP contribution is 2.14. The first-order valence-electron chi connectivity index (χ1n) is 23.0. The minimum atomic E-state index is -0.768. The Balaban J connectivity index is 4.18. The minimum absolute atomic E-state index is 0.0748. The first kappa shape index (κ1) is 51.6. The summed E-state index contributed by atoms with van der Waals surface area (Å²) in [6.07, 6.45) is 48.6. The van der Waals surface area contributed by atoms with Crippen molar-refractivity contribution in [1.82, 2.24) is 0 Å². The molecule has 0 aromatic carbocycles. The molecule has 0 aromatic heterocycles. The molecule has 6 heteroatoms. The molecule has 6 nitrogen and oxygen atoms in total. The van der Waals surface area contributed by atoms with Crippen molar-refractivity contribution in [3.63, 3.8) is 0 Å². The molecule has 1 unspecified atom stereocenters. The van der Waals surface area contributed by atoms with Gasteiger partial charge in [-0.25, -0.2) is 0 Å². The van der Waals surface area contributed by atoms with Gasteiger partial charge in [0, 0.05) is 19.3 Å². The van der Waals surface area contributed by atoms with Crippen LogP contribution in [-0.2, 0) is 28.6 Å². The van der Waals surface area contributed by atoms with E-state index in [-0.39, 0.29) is 31.1 Å². The summed E-state index contributed by atoms with van der Waals surface area (Å²) in [7, 11) is 0. The van der Waals surface area contributed by atoms with Crippen LogP contribution in [0.25, 0.3) is 0 Å². The molecule has 0 fully saturated rings. The third-order valence-electron chi connectivity index (χ3n) is 9.90. The Kier molecular flexibility index (Phi) is 41.5. The third-order valence-corrected chi connectivity index (χ3v) is 9.90. The predicted molar refractivity (Wildman–Crippen MR) is 229 cm³/mol. The number of ether oxygens (including phenoxy) is 3. The average Bonchev–Trinajstić information content (AvgIpc) is 3.17. The van der Waals surface area contributed by atoms with Crippen LogP contribution in [0.1, 0.15) is 233 Å². The maximum Gasteiger partial charge on any atom is 0.306 e. The van der Waals surface area contributed by atoms with Crippen LogP contribution in [0, 0.1) is 0 Å². The van der Waals surface area contributed by atoms with E-state index in [1.165, 1.54) is 116 Å². The zero-order chi connectivity index (χ0) is 39.4. The van der Waals surface area contributed by atoms with Crippen molar-refractivity contribution in [3.8, 4) is 0 Å². The molecule has 0 spiro atoms. The van der Waals surface area contributed by atoms with Gasteiger partial charge in [0.1, 0.15) is 13.2 Å². The molecule has 0 bridgehead atoms. The summed E-state index contributed by atoms with van der Waals surface area (Å²) < 4.78 is 16.6. The van der Waals surface area contributed by atoms with Crippen LogP contribution in [0.5, 0.6) is 0 Å². The van der Waals surface area contributed by atoms with Crippen molar-refractivity contribution < 1.29 is 28.6 Å². The fourth-order valence-electron chi connectivity index (χ4n) is 6.39. The van der Waals surface area contributed by atoms with Crippen molar-refractivity contribution in [1.29, 1.82) is 0 Å². The van der Waals surface area contributed by atoms with E-state index in [9.17, 15) is 14.4 Å². The van der Waals surface area contributed by atoms with Gasteiger partial charge < -0.3 is 14.2 Å². The molecule has 0 aliphatic heterocycles. The van der Waals surface area contributed by atoms with Crippen molar-refractivity contribution in [2.24, 2.45) is 0 Å². The number of esters is 3. The zero-order valence-corrected chi connectivity index (χ0v) is 35.7. The summed E-state index contributed by atoms with van der Waals surface area (Å²) in [6.45, 7) is 6.54. The Hall–Kier alpha value is -2.37. The predicted octanol–water partition coefficient (Wildman–Crippen LogP) is 14.6. The molecule has 0 saturated carbocycles. The Morgan fingerprint density at radius 2 is 0.667 bits per heavy atom. The zero-order valence-electron chi connectivity index (χ0n) is 35.7. The molecule has 0 aromatic rings. The van der Waals surface area contributed by atoms with Gasteiger partial charge in [-0.1, -0.05) is 192 Å². The van der Waals surface area contributed by atoms with Crippen LogP contribution in [0.3, 0.4) is 0 Å². The second-order valence-electron chi connectivity index (χ2n) is 15.3. The van der Waals surface area contributed by atoms with Gasteiger partial charge in [0.15, 0.2) is 6.10 Å². The van der Waals surface area contributed by atoms with Crippen LogP contribution in [-0.4, -0.2) is 37.2 Å². The molecule has 0 amide bonds. The van der Waals surface area contributed by atoms with E-state index < -0.39 is 6.10 Å². The lowest BCUT2D eigenvalue weighted by molar-refractivity contribution is -0.167. The van der Waals surface area contributed by atoms with E-state index in [2.05, 4.69) is 57.2 Å². The lowest BCUT2D eigenvalue weighted by atomic mass is 10.1. The molecule has 0 aliphatic rings. The minimum Gasteiger partial charge on any atom is -0.462 e. The monoisotopic (exact) mass is 759 g/mol. The van der Waals surface area contributed by atoms with Crippen LogP contribution >= 0.6 is 0 Å². The molecule has 0 aliphatic carbocycles. The van der Waals surface area contributed by atoms with E-state index in [0.717, 1.165) is 77.0 Å². The number of hydrogen-bond donors (Lipinski definition) is 0. The topological polar surface area (TPSA) is 78.9 Å². The Labute approximate surface area is 334 Å². The number of allylic oxidation sites excluding steroid dienone is 6. The Bertz CT molecular complexity index is 922. The number of rotatable bonds is 41. The van der Waals surface area contributed by atoms with E-state index >= 15 is 0 Å². The fourth-order valence-corrected chi connectivity index (χ4v) is 6.39. The molecule has 1 atom stereocenters. The van der Waals surface area contributed by atoms with Crippen LogP contribution < -0.4 is 0 Å². The maximum absolute atomic E-state index is 12.6.